The van der Waals surface area contributed by atoms with Crippen LogP contribution in [0.2, 0.25) is 5.02 Å². The molecule has 1 fully saturated rings. The van der Waals surface area contributed by atoms with E-state index in [4.69, 9.17) is 11.6 Å². The Morgan fingerprint density at radius 1 is 1.38 bits per heavy atom. The second-order valence-electron chi connectivity index (χ2n) is 5.91. The van der Waals surface area contributed by atoms with Crippen molar-refractivity contribution in [1.29, 1.82) is 0 Å². The number of hydrogen-bond donors (Lipinski definition) is 1. The number of likely N-dealkylation sites (tertiary alicyclic amines) is 1. The maximum atomic E-state index is 11.5. The zero-order valence-corrected chi connectivity index (χ0v) is 13.1. The van der Waals surface area contributed by atoms with E-state index >= 15 is 0 Å². The predicted octanol–water partition coefficient (Wildman–Crippen LogP) is 3.09. The van der Waals surface area contributed by atoms with E-state index in [9.17, 15) is 4.79 Å². The van der Waals surface area contributed by atoms with Gasteiger partial charge >= 0.3 is 0 Å². The van der Waals surface area contributed by atoms with Crippen molar-refractivity contribution >= 4 is 23.1 Å². The molecule has 1 aliphatic carbocycles. The maximum absolute atomic E-state index is 11.5. The summed E-state index contributed by atoms with van der Waals surface area (Å²) in [5.41, 5.74) is 3.56. The van der Waals surface area contributed by atoms with Crippen LogP contribution in [0.1, 0.15) is 30.4 Å². The summed E-state index contributed by atoms with van der Waals surface area (Å²) in [6.07, 6.45) is 5.43. The van der Waals surface area contributed by atoms with Crippen molar-refractivity contribution in [3.8, 4) is 0 Å². The Hall–Kier alpha value is -1.32. The SMILES string of the molecule is CNC(=O)C1C=C(c2ccc(CN3CCCC3)c(Cl)c2)C1. The van der Waals surface area contributed by atoms with Gasteiger partial charge in [-0.05, 0) is 55.1 Å². The molecular formula is C17H21ClN2O. The molecule has 21 heavy (non-hydrogen) atoms. The minimum atomic E-state index is 0.0213. The average molecular weight is 305 g/mol. The molecule has 3 nitrogen and oxygen atoms in total. The number of hydrogen-bond acceptors (Lipinski definition) is 2. The van der Waals surface area contributed by atoms with Crippen molar-refractivity contribution in [2.24, 2.45) is 5.92 Å². The monoisotopic (exact) mass is 304 g/mol. The van der Waals surface area contributed by atoms with Gasteiger partial charge in [0.05, 0.1) is 5.92 Å². The summed E-state index contributed by atoms with van der Waals surface area (Å²) in [4.78, 5) is 13.9. The molecule has 1 saturated heterocycles. The summed E-state index contributed by atoms with van der Waals surface area (Å²) in [6.45, 7) is 3.30. The lowest BCUT2D eigenvalue weighted by Crippen LogP contribution is -2.30. The van der Waals surface area contributed by atoms with E-state index in [2.05, 4.69) is 22.3 Å². The molecule has 0 saturated carbocycles. The fraction of sp³-hybridized carbons (Fsp3) is 0.471. The Bertz CT molecular complexity index is 576. The van der Waals surface area contributed by atoms with Crippen molar-refractivity contribution < 1.29 is 4.79 Å². The van der Waals surface area contributed by atoms with E-state index < -0.39 is 0 Å². The molecule has 4 heteroatoms. The van der Waals surface area contributed by atoms with E-state index in [1.54, 1.807) is 7.05 Å². The van der Waals surface area contributed by atoms with Gasteiger partial charge in [-0.2, -0.15) is 0 Å². The topological polar surface area (TPSA) is 32.3 Å². The first-order valence-corrected chi connectivity index (χ1v) is 7.98. The molecule has 1 heterocycles. The second-order valence-corrected chi connectivity index (χ2v) is 6.31. The van der Waals surface area contributed by atoms with Crippen LogP contribution in [0.5, 0.6) is 0 Å². The largest absolute Gasteiger partial charge is 0.359 e. The van der Waals surface area contributed by atoms with E-state index in [1.165, 1.54) is 37.1 Å². The van der Waals surface area contributed by atoms with E-state index in [-0.39, 0.29) is 11.8 Å². The van der Waals surface area contributed by atoms with Crippen molar-refractivity contribution in [2.75, 3.05) is 20.1 Å². The first-order valence-electron chi connectivity index (χ1n) is 7.61. The maximum Gasteiger partial charge on any atom is 0.227 e. The van der Waals surface area contributed by atoms with Gasteiger partial charge in [-0.1, -0.05) is 29.8 Å². The normalized spacial score (nSPS) is 21.8. The van der Waals surface area contributed by atoms with Crippen molar-refractivity contribution in [3.05, 3.63) is 40.4 Å². The molecule has 0 bridgehead atoms. The molecule has 0 radical (unpaired) electrons. The van der Waals surface area contributed by atoms with Crippen molar-refractivity contribution in [2.45, 2.75) is 25.8 Å². The lowest BCUT2D eigenvalue weighted by Gasteiger charge is -2.25. The van der Waals surface area contributed by atoms with E-state index in [0.717, 1.165) is 23.6 Å². The fourth-order valence-electron chi connectivity index (χ4n) is 3.07. The number of benzene rings is 1. The van der Waals surface area contributed by atoms with Crippen LogP contribution in [0, 0.1) is 5.92 Å². The molecule has 1 unspecified atom stereocenters. The van der Waals surface area contributed by atoms with E-state index in [1.807, 2.05) is 12.1 Å². The highest BCUT2D eigenvalue weighted by Crippen LogP contribution is 2.36. The Labute approximate surface area is 131 Å². The van der Waals surface area contributed by atoms with Crippen LogP contribution in [0.25, 0.3) is 5.57 Å². The number of allylic oxidation sites excluding steroid dienone is 1. The first-order chi connectivity index (χ1) is 10.2. The van der Waals surface area contributed by atoms with E-state index in [0.29, 0.717) is 0 Å². The lowest BCUT2D eigenvalue weighted by molar-refractivity contribution is -0.123. The number of amides is 1. The average Bonchev–Trinajstić information content (AvgIpc) is 2.93. The summed E-state index contributed by atoms with van der Waals surface area (Å²) >= 11 is 6.43. The Morgan fingerprint density at radius 3 is 2.71 bits per heavy atom. The summed E-state index contributed by atoms with van der Waals surface area (Å²) in [5, 5.41) is 3.52. The van der Waals surface area contributed by atoms with Gasteiger partial charge in [0, 0.05) is 18.6 Å². The number of rotatable bonds is 4. The highest BCUT2D eigenvalue weighted by atomic mass is 35.5. The van der Waals surface area contributed by atoms with Crippen LogP contribution in [0.4, 0.5) is 0 Å². The smallest absolute Gasteiger partial charge is 0.227 e. The van der Waals surface area contributed by atoms with Crippen molar-refractivity contribution in [3.63, 3.8) is 0 Å². The molecule has 0 spiro atoms. The van der Waals surface area contributed by atoms with Gasteiger partial charge in [0.1, 0.15) is 0 Å². The molecule has 1 atom stereocenters. The van der Waals surface area contributed by atoms with Gasteiger partial charge in [0.2, 0.25) is 5.91 Å². The summed E-state index contributed by atoms with van der Waals surface area (Å²) < 4.78 is 0. The van der Waals surface area contributed by atoms with Gasteiger partial charge in [-0.3, -0.25) is 9.69 Å². The molecular weight excluding hydrogens is 284 g/mol. The van der Waals surface area contributed by atoms with Gasteiger partial charge in [-0.15, -0.1) is 0 Å². The molecule has 1 amide bonds. The second kappa shape index (κ2) is 6.20. The zero-order valence-electron chi connectivity index (χ0n) is 12.4. The molecule has 1 aromatic rings. The number of carbonyl (C=O) groups excluding carboxylic acids is 1. The van der Waals surface area contributed by atoms with Crippen LogP contribution in [-0.4, -0.2) is 30.9 Å². The third kappa shape index (κ3) is 3.14. The Kier molecular flexibility index (Phi) is 4.32. The molecule has 1 aliphatic heterocycles. The Morgan fingerprint density at radius 2 is 2.10 bits per heavy atom. The van der Waals surface area contributed by atoms with Crippen molar-refractivity contribution in [1.82, 2.24) is 10.2 Å². The molecule has 1 aromatic carbocycles. The van der Waals surface area contributed by atoms with Gasteiger partial charge in [-0.25, -0.2) is 0 Å². The summed E-state index contributed by atoms with van der Waals surface area (Å²) in [6, 6.07) is 6.30. The standard InChI is InChI=1S/C17H21ClN2O/c1-19-17(21)15-8-14(9-15)12-4-5-13(16(18)10-12)11-20-6-2-3-7-20/h4-5,8,10,15H,2-3,6-7,9,11H2,1H3,(H,19,21). The van der Waals surface area contributed by atoms with Gasteiger partial charge in [0.15, 0.2) is 0 Å². The van der Waals surface area contributed by atoms with Crippen LogP contribution in [0.3, 0.4) is 0 Å². The number of halogens is 1. The molecule has 0 aromatic heterocycles. The summed E-state index contributed by atoms with van der Waals surface area (Å²) in [5.74, 6) is 0.114. The van der Waals surface area contributed by atoms with Gasteiger partial charge in [0.25, 0.3) is 0 Å². The number of carbonyl (C=O) groups is 1. The minimum absolute atomic E-state index is 0.0213. The van der Waals surface area contributed by atoms with Crippen LogP contribution in [0.15, 0.2) is 24.3 Å². The Balaban J connectivity index is 1.69. The van der Waals surface area contributed by atoms with Crippen LogP contribution in [-0.2, 0) is 11.3 Å². The molecule has 1 N–H and O–H groups in total. The highest BCUT2D eigenvalue weighted by molar-refractivity contribution is 6.31. The molecule has 3 rings (SSSR count). The summed E-state index contributed by atoms with van der Waals surface area (Å²) in [7, 11) is 1.68. The third-order valence-electron chi connectivity index (χ3n) is 4.44. The first kappa shape index (κ1) is 14.6. The molecule has 2 aliphatic rings. The lowest BCUT2D eigenvalue weighted by atomic mass is 9.82. The van der Waals surface area contributed by atoms with Crippen LogP contribution < -0.4 is 5.32 Å². The quantitative estimate of drug-likeness (QED) is 0.927. The van der Waals surface area contributed by atoms with Crippen LogP contribution >= 0.6 is 11.6 Å². The number of nitrogens with one attached hydrogen (secondary N) is 1. The molecule has 112 valence electrons. The number of nitrogens with zero attached hydrogens (tertiary/aromatic N) is 1. The predicted molar refractivity (Wildman–Crippen MR) is 86.1 cm³/mol. The van der Waals surface area contributed by atoms with Gasteiger partial charge < -0.3 is 5.32 Å². The fourth-order valence-corrected chi connectivity index (χ4v) is 3.31. The highest BCUT2D eigenvalue weighted by Gasteiger charge is 2.26. The third-order valence-corrected chi connectivity index (χ3v) is 4.79. The minimum Gasteiger partial charge on any atom is -0.359 e. The zero-order chi connectivity index (χ0) is 14.8.